The molecular weight excluding hydrogens is 503 g/mol. The number of nitrogens with two attached hydrogens (primary N) is 1. The summed E-state index contributed by atoms with van der Waals surface area (Å²) in [4.78, 5) is 41.1. The van der Waals surface area contributed by atoms with Gasteiger partial charge in [0.15, 0.2) is 23.1 Å². The maximum atomic E-state index is 13.1. The Hall–Kier alpha value is -4.40. The number of para-hydroxylation sites is 1. The fourth-order valence-corrected chi connectivity index (χ4v) is 3.54. The molecule has 39 heavy (non-hydrogen) atoms. The summed E-state index contributed by atoms with van der Waals surface area (Å²) in [7, 11) is 7.02. The second kappa shape index (κ2) is 11.6. The van der Waals surface area contributed by atoms with Gasteiger partial charge in [0.2, 0.25) is 11.8 Å². The van der Waals surface area contributed by atoms with Gasteiger partial charge in [0.1, 0.15) is 23.5 Å². The van der Waals surface area contributed by atoms with Crippen LogP contribution in [-0.2, 0) is 16.1 Å². The van der Waals surface area contributed by atoms with Gasteiger partial charge in [-0.2, -0.15) is 4.98 Å². The van der Waals surface area contributed by atoms with E-state index >= 15 is 0 Å². The maximum Gasteiger partial charge on any atom is 0.272 e. The summed E-state index contributed by atoms with van der Waals surface area (Å²) in [5.74, 6) is -0.0162. The van der Waals surface area contributed by atoms with Crippen LogP contribution in [0.3, 0.4) is 0 Å². The van der Waals surface area contributed by atoms with Crippen LogP contribution in [0, 0.1) is 5.92 Å². The molecule has 1 fully saturated rings. The van der Waals surface area contributed by atoms with Crippen LogP contribution < -0.4 is 31.7 Å². The Morgan fingerprint density at radius 2 is 1.95 bits per heavy atom. The van der Waals surface area contributed by atoms with E-state index in [0.717, 1.165) is 12.8 Å². The molecule has 4 rings (SSSR count). The van der Waals surface area contributed by atoms with E-state index in [1.807, 2.05) is 23.5 Å². The molecule has 1 saturated carbocycles. The third-order valence-corrected chi connectivity index (χ3v) is 5.51. The van der Waals surface area contributed by atoms with Crippen molar-refractivity contribution in [3.8, 4) is 17.2 Å². The fraction of sp³-hybridized carbons (Fsp3) is 0.318. The number of amides is 3. The predicted octanol–water partition coefficient (Wildman–Crippen LogP) is -2.56. The Morgan fingerprint density at radius 1 is 1.18 bits per heavy atom. The average molecular weight is 531 g/mol. The average Bonchev–Trinajstić information content (AvgIpc) is 3.64. The standard InChI is InChI=1S/C22H28B3N9O5/c1-38-18-11(21-30-15(34-39-21)9-27-16(35)8-26)3-2-4-12(18)28-13-7-14(29-19(36)10-5-6-10)32-33-17(13)20(37)31-22(23,24)25/h2-4,7,10H,5-6,8-9,23-26H2,1H3,(H,27,35)(H,31,37)(H2,28,29,32,36). The van der Waals surface area contributed by atoms with Gasteiger partial charge in [-0.25, -0.2) is 0 Å². The van der Waals surface area contributed by atoms with Gasteiger partial charge in [0, 0.05) is 12.0 Å². The molecule has 0 atom stereocenters. The highest BCUT2D eigenvalue weighted by molar-refractivity contribution is 6.60. The monoisotopic (exact) mass is 531 g/mol. The number of ether oxygens (including phenoxy) is 1. The summed E-state index contributed by atoms with van der Waals surface area (Å²) in [5.41, 5.74) is 6.56. The molecule has 1 aliphatic rings. The number of aromatic nitrogens is 4. The topological polar surface area (TPSA) is 199 Å². The van der Waals surface area contributed by atoms with Crippen LogP contribution in [0.1, 0.15) is 29.2 Å². The third kappa shape index (κ3) is 7.13. The van der Waals surface area contributed by atoms with Gasteiger partial charge in [-0.05, 0) is 30.2 Å². The molecule has 0 saturated heterocycles. The second-order valence-corrected chi connectivity index (χ2v) is 9.97. The molecule has 1 aliphatic carbocycles. The number of hydrogen-bond donors (Lipinski definition) is 5. The van der Waals surface area contributed by atoms with Crippen molar-refractivity contribution in [2.75, 3.05) is 24.3 Å². The molecule has 2 aromatic heterocycles. The van der Waals surface area contributed by atoms with E-state index in [1.54, 1.807) is 24.3 Å². The van der Waals surface area contributed by atoms with Crippen LogP contribution in [0.5, 0.6) is 5.75 Å². The maximum absolute atomic E-state index is 13.1. The zero-order chi connectivity index (χ0) is 28.2. The molecule has 0 unspecified atom stereocenters. The van der Waals surface area contributed by atoms with Crippen LogP contribution in [-0.4, -0.2) is 80.5 Å². The molecule has 0 radical (unpaired) electrons. The molecule has 17 heteroatoms. The Balaban J connectivity index is 1.66. The Morgan fingerprint density at radius 3 is 2.62 bits per heavy atom. The minimum atomic E-state index is -0.522. The molecule has 3 aromatic rings. The van der Waals surface area contributed by atoms with E-state index in [0.29, 0.717) is 22.7 Å². The number of carbonyl (C=O) groups excluding carboxylic acids is 3. The number of hydrogen-bond acceptors (Lipinski definition) is 11. The largest absolute Gasteiger partial charge is 0.494 e. The van der Waals surface area contributed by atoms with Gasteiger partial charge in [-0.1, -0.05) is 11.2 Å². The van der Waals surface area contributed by atoms with Crippen molar-refractivity contribution >= 4 is 58.5 Å². The molecule has 0 bridgehead atoms. The van der Waals surface area contributed by atoms with E-state index in [4.69, 9.17) is 15.0 Å². The number of nitrogens with one attached hydrogen (secondary N) is 4. The molecule has 0 aliphatic heterocycles. The first-order valence-electron chi connectivity index (χ1n) is 12.3. The summed E-state index contributed by atoms with van der Waals surface area (Å²) in [5, 5.41) is 22.9. The Labute approximate surface area is 226 Å². The Kier molecular flexibility index (Phi) is 8.19. The first-order chi connectivity index (χ1) is 18.6. The first-order valence-corrected chi connectivity index (χ1v) is 12.3. The van der Waals surface area contributed by atoms with Crippen molar-refractivity contribution in [1.29, 1.82) is 0 Å². The minimum Gasteiger partial charge on any atom is -0.494 e. The molecule has 2 heterocycles. The molecule has 0 spiro atoms. The zero-order valence-electron chi connectivity index (χ0n) is 22.1. The summed E-state index contributed by atoms with van der Waals surface area (Å²) in [6, 6.07) is 6.73. The van der Waals surface area contributed by atoms with Gasteiger partial charge >= 0.3 is 0 Å². The van der Waals surface area contributed by atoms with Crippen molar-refractivity contribution in [3.63, 3.8) is 0 Å². The van der Waals surface area contributed by atoms with Crippen LogP contribution in [0.2, 0.25) is 0 Å². The fourth-order valence-electron chi connectivity index (χ4n) is 3.54. The van der Waals surface area contributed by atoms with E-state index in [2.05, 4.69) is 41.6 Å². The molecular formula is C22H28B3N9O5. The number of benzene rings is 1. The van der Waals surface area contributed by atoms with E-state index in [1.165, 1.54) is 7.11 Å². The van der Waals surface area contributed by atoms with Crippen LogP contribution >= 0.6 is 0 Å². The predicted molar refractivity (Wildman–Crippen MR) is 150 cm³/mol. The van der Waals surface area contributed by atoms with Gasteiger partial charge in [-0.3, -0.25) is 14.4 Å². The number of carbonyl (C=O) groups is 3. The third-order valence-electron chi connectivity index (χ3n) is 5.51. The lowest BCUT2D eigenvalue weighted by molar-refractivity contribution is -0.120. The molecule has 1 aromatic carbocycles. The number of nitrogens with zero attached hydrogens (tertiary/aromatic N) is 4. The van der Waals surface area contributed by atoms with E-state index in [-0.39, 0.29) is 54.0 Å². The van der Waals surface area contributed by atoms with Crippen LogP contribution in [0.4, 0.5) is 17.2 Å². The van der Waals surface area contributed by atoms with Crippen molar-refractivity contribution in [2.24, 2.45) is 11.7 Å². The summed E-state index contributed by atoms with van der Waals surface area (Å²) < 4.78 is 11.0. The van der Waals surface area contributed by atoms with Gasteiger partial charge < -0.3 is 36.3 Å². The smallest absolute Gasteiger partial charge is 0.272 e. The van der Waals surface area contributed by atoms with E-state index < -0.39 is 11.1 Å². The highest BCUT2D eigenvalue weighted by atomic mass is 16.5. The van der Waals surface area contributed by atoms with Gasteiger partial charge in [0.25, 0.3) is 11.8 Å². The van der Waals surface area contributed by atoms with E-state index in [9.17, 15) is 14.4 Å². The molecule has 6 N–H and O–H groups in total. The highest BCUT2D eigenvalue weighted by Gasteiger charge is 2.30. The van der Waals surface area contributed by atoms with Crippen molar-refractivity contribution in [1.82, 2.24) is 31.0 Å². The van der Waals surface area contributed by atoms with Crippen LogP contribution in [0.15, 0.2) is 28.8 Å². The Bertz CT molecular complexity index is 1390. The highest BCUT2D eigenvalue weighted by Crippen LogP contribution is 2.38. The number of anilines is 3. The van der Waals surface area contributed by atoms with Crippen molar-refractivity contribution < 1.29 is 23.6 Å². The SMILES string of the molecule is BC(B)(B)NC(=O)c1nnc(NC(=O)C2CC2)cc1Nc1cccc(-c2nc(CNC(=O)CN)no2)c1OC. The normalized spacial score (nSPS) is 12.9. The lowest BCUT2D eigenvalue weighted by atomic mass is 9.49. The number of rotatable bonds is 11. The van der Waals surface area contributed by atoms with Gasteiger partial charge in [0.05, 0.1) is 37.1 Å². The second-order valence-electron chi connectivity index (χ2n) is 9.97. The lowest BCUT2D eigenvalue weighted by Crippen LogP contribution is -2.50. The first kappa shape index (κ1) is 27.6. The minimum absolute atomic E-state index is 0.0255. The summed E-state index contributed by atoms with van der Waals surface area (Å²) in [6.07, 6.45) is 1.66. The summed E-state index contributed by atoms with van der Waals surface area (Å²) in [6.45, 7) is -0.109. The quantitative estimate of drug-likeness (QED) is 0.163. The van der Waals surface area contributed by atoms with Crippen molar-refractivity contribution in [2.45, 2.75) is 24.6 Å². The zero-order valence-corrected chi connectivity index (χ0v) is 22.1. The van der Waals surface area contributed by atoms with Crippen LogP contribution in [0.25, 0.3) is 11.5 Å². The molecule has 3 amide bonds. The molecule has 200 valence electrons. The van der Waals surface area contributed by atoms with Gasteiger partial charge in [-0.15, -0.1) is 10.2 Å². The summed E-state index contributed by atoms with van der Waals surface area (Å²) >= 11 is 0. The van der Waals surface area contributed by atoms with Crippen molar-refractivity contribution in [3.05, 3.63) is 35.8 Å². The lowest BCUT2D eigenvalue weighted by Gasteiger charge is -2.21. The molecule has 14 nitrogen and oxygen atoms in total. The number of methoxy groups -OCH3 is 1.